The Morgan fingerprint density at radius 3 is 2.31 bits per heavy atom. The minimum Gasteiger partial charge on any atom is -0.396 e. The van der Waals surface area contributed by atoms with E-state index in [9.17, 15) is 0 Å². The van der Waals surface area contributed by atoms with Crippen molar-refractivity contribution in [3.8, 4) is 0 Å². The molecular weight excluding hydrogens is 418 g/mol. The average Bonchev–Trinajstić information content (AvgIpc) is 2.81. The summed E-state index contributed by atoms with van der Waals surface area (Å²) >= 11 is 6.04. The van der Waals surface area contributed by atoms with Gasteiger partial charge in [0.2, 0.25) is 0 Å². The fraction of sp³-hybridized carbons (Fsp3) is 0.346. The fourth-order valence-corrected chi connectivity index (χ4v) is 5.02. The van der Waals surface area contributed by atoms with Gasteiger partial charge in [0.05, 0.1) is 5.69 Å². The normalized spacial score (nSPS) is 19.5. The number of anilines is 3. The molecule has 1 aromatic heterocycles. The summed E-state index contributed by atoms with van der Waals surface area (Å²) in [5.41, 5.74) is 22.4. The molecule has 0 amide bonds. The quantitative estimate of drug-likeness (QED) is 0.391. The molecule has 32 heavy (non-hydrogen) atoms. The van der Waals surface area contributed by atoms with E-state index in [1.54, 1.807) is 0 Å². The van der Waals surface area contributed by atoms with Gasteiger partial charge in [0, 0.05) is 17.0 Å². The van der Waals surface area contributed by atoms with Crippen molar-refractivity contribution in [2.45, 2.75) is 50.0 Å². The molecule has 168 valence electrons. The second-order valence-electron chi connectivity index (χ2n) is 8.74. The van der Waals surface area contributed by atoms with E-state index in [2.05, 4.69) is 46.7 Å². The van der Waals surface area contributed by atoms with Gasteiger partial charge in [-0.25, -0.2) is 4.98 Å². The van der Waals surface area contributed by atoms with Gasteiger partial charge in [-0.15, -0.1) is 0 Å². The molecule has 0 aliphatic heterocycles. The van der Waals surface area contributed by atoms with Crippen molar-refractivity contribution >= 4 is 28.9 Å². The topological polar surface area (TPSA) is 103 Å². The zero-order chi connectivity index (χ0) is 22.5. The maximum Gasteiger partial charge on any atom is 0.149 e. The first-order valence-corrected chi connectivity index (χ1v) is 11.7. The van der Waals surface area contributed by atoms with Crippen LogP contribution in [0.3, 0.4) is 0 Å². The van der Waals surface area contributed by atoms with Crippen LogP contribution in [0.4, 0.5) is 17.3 Å². The molecule has 1 aliphatic rings. The van der Waals surface area contributed by atoms with Crippen LogP contribution in [0.15, 0.2) is 60.7 Å². The van der Waals surface area contributed by atoms with Crippen LogP contribution in [-0.4, -0.2) is 17.6 Å². The van der Waals surface area contributed by atoms with Gasteiger partial charge >= 0.3 is 0 Å². The van der Waals surface area contributed by atoms with Crippen LogP contribution >= 0.6 is 11.6 Å². The van der Waals surface area contributed by atoms with Crippen LogP contribution in [0.25, 0.3) is 0 Å². The molecule has 7 N–H and O–H groups in total. The number of hydrogen-bond donors (Lipinski definition) is 4. The number of hydrogen-bond acceptors (Lipinski definition) is 5. The zero-order valence-electron chi connectivity index (χ0n) is 18.3. The van der Waals surface area contributed by atoms with Crippen LogP contribution in [0.2, 0.25) is 5.02 Å². The molecule has 4 rings (SSSR count). The Labute approximate surface area is 195 Å². The predicted octanol–water partition coefficient (Wildman–Crippen LogP) is 5.32. The van der Waals surface area contributed by atoms with Crippen molar-refractivity contribution in [1.82, 2.24) is 10.3 Å². The summed E-state index contributed by atoms with van der Waals surface area (Å²) in [6.45, 7) is 0.900. The number of nitrogens with zero attached hydrogens (tertiary/aromatic N) is 1. The third-order valence-corrected chi connectivity index (χ3v) is 6.90. The van der Waals surface area contributed by atoms with Gasteiger partial charge in [-0.1, -0.05) is 54.1 Å². The third-order valence-electron chi connectivity index (χ3n) is 6.65. The van der Waals surface area contributed by atoms with Gasteiger partial charge in [-0.3, -0.25) is 0 Å². The number of nitrogens with two attached hydrogens (primary N) is 3. The smallest absolute Gasteiger partial charge is 0.149 e. The molecule has 2 aromatic carbocycles. The maximum atomic E-state index is 6.31. The van der Waals surface area contributed by atoms with E-state index in [1.807, 2.05) is 24.3 Å². The average molecular weight is 450 g/mol. The molecule has 1 fully saturated rings. The van der Waals surface area contributed by atoms with Gasteiger partial charge < -0.3 is 22.5 Å². The first-order valence-electron chi connectivity index (χ1n) is 11.4. The summed E-state index contributed by atoms with van der Waals surface area (Å²) in [6, 6.07) is 21.1. The molecule has 0 spiro atoms. The van der Waals surface area contributed by atoms with E-state index in [0.717, 1.165) is 23.6 Å². The number of nitrogens with one attached hydrogen (secondary N) is 1. The SMILES string of the molecule is Nc1cc(C(CCNC2CCC(c3ccc(Cl)cc3)CC2)c2ccccc2)c(N)c(N)n1. The van der Waals surface area contributed by atoms with Crippen LogP contribution in [0.1, 0.15) is 60.6 Å². The van der Waals surface area contributed by atoms with Crippen molar-refractivity contribution in [1.29, 1.82) is 0 Å². The van der Waals surface area contributed by atoms with Crippen LogP contribution in [-0.2, 0) is 0 Å². The highest BCUT2D eigenvalue weighted by molar-refractivity contribution is 6.30. The lowest BCUT2D eigenvalue weighted by molar-refractivity contribution is 0.340. The minimum atomic E-state index is 0.113. The summed E-state index contributed by atoms with van der Waals surface area (Å²) in [7, 11) is 0. The highest BCUT2D eigenvalue weighted by Gasteiger charge is 2.23. The van der Waals surface area contributed by atoms with Crippen molar-refractivity contribution in [3.63, 3.8) is 0 Å². The third kappa shape index (κ3) is 5.34. The van der Waals surface area contributed by atoms with E-state index < -0.39 is 0 Å². The summed E-state index contributed by atoms with van der Waals surface area (Å²) < 4.78 is 0. The first-order chi connectivity index (χ1) is 15.5. The van der Waals surface area contributed by atoms with E-state index >= 15 is 0 Å². The summed E-state index contributed by atoms with van der Waals surface area (Å²) in [4.78, 5) is 4.11. The largest absolute Gasteiger partial charge is 0.396 e. The second kappa shape index (κ2) is 10.2. The van der Waals surface area contributed by atoms with Crippen molar-refractivity contribution in [2.24, 2.45) is 0 Å². The summed E-state index contributed by atoms with van der Waals surface area (Å²) in [5, 5.41) is 4.58. The lowest BCUT2D eigenvalue weighted by Gasteiger charge is -2.30. The summed E-state index contributed by atoms with van der Waals surface area (Å²) in [6.07, 6.45) is 5.67. The van der Waals surface area contributed by atoms with Crippen LogP contribution < -0.4 is 22.5 Å². The molecule has 1 aliphatic carbocycles. The lowest BCUT2D eigenvalue weighted by atomic mass is 9.81. The highest BCUT2D eigenvalue weighted by Crippen LogP contribution is 2.36. The second-order valence-corrected chi connectivity index (χ2v) is 9.18. The number of halogens is 1. The Morgan fingerprint density at radius 1 is 0.938 bits per heavy atom. The Kier molecular flexibility index (Phi) is 7.18. The molecular formula is C26H32ClN5. The van der Waals surface area contributed by atoms with E-state index in [1.165, 1.54) is 36.8 Å². The standard InChI is InChI=1S/C26H32ClN5/c27-20-10-6-17(7-11-20)18-8-12-21(13-9-18)31-15-14-22(19-4-2-1-3-5-19)23-16-24(28)32-26(30)25(23)29/h1-7,10-11,16,18,21-22,31H,8-9,12-15,29H2,(H4,28,30,32). The Hall–Kier alpha value is -2.76. The predicted molar refractivity (Wildman–Crippen MR) is 135 cm³/mol. The van der Waals surface area contributed by atoms with Gasteiger partial charge in [-0.05, 0) is 79.5 Å². The van der Waals surface area contributed by atoms with Crippen molar-refractivity contribution in [3.05, 3.63) is 82.4 Å². The fourth-order valence-electron chi connectivity index (χ4n) is 4.89. The molecule has 0 radical (unpaired) electrons. The molecule has 5 nitrogen and oxygen atoms in total. The maximum absolute atomic E-state index is 6.31. The number of nitrogen functional groups attached to an aromatic ring is 3. The van der Waals surface area contributed by atoms with E-state index in [-0.39, 0.29) is 5.92 Å². The van der Waals surface area contributed by atoms with Crippen LogP contribution in [0, 0.1) is 0 Å². The molecule has 1 unspecified atom stereocenters. The number of benzene rings is 2. The Balaban J connectivity index is 1.38. The van der Waals surface area contributed by atoms with Gasteiger partial charge in [0.1, 0.15) is 11.6 Å². The lowest BCUT2D eigenvalue weighted by Crippen LogP contribution is -2.34. The molecule has 6 heteroatoms. The molecule has 1 atom stereocenters. The van der Waals surface area contributed by atoms with Gasteiger partial charge in [0.15, 0.2) is 0 Å². The molecule has 0 saturated heterocycles. The number of aromatic nitrogens is 1. The zero-order valence-corrected chi connectivity index (χ0v) is 19.1. The Bertz CT molecular complexity index is 1010. The number of pyridine rings is 1. The highest BCUT2D eigenvalue weighted by atomic mass is 35.5. The molecule has 0 bridgehead atoms. The summed E-state index contributed by atoms with van der Waals surface area (Å²) in [5.74, 6) is 1.45. The number of rotatable bonds is 7. The molecule has 1 heterocycles. The molecule has 1 saturated carbocycles. The van der Waals surface area contributed by atoms with E-state index in [0.29, 0.717) is 29.3 Å². The van der Waals surface area contributed by atoms with Crippen molar-refractivity contribution < 1.29 is 0 Å². The van der Waals surface area contributed by atoms with Gasteiger partial charge in [0.25, 0.3) is 0 Å². The van der Waals surface area contributed by atoms with Gasteiger partial charge in [-0.2, -0.15) is 0 Å². The van der Waals surface area contributed by atoms with Crippen molar-refractivity contribution in [2.75, 3.05) is 23.7 Å². The van der Waals surface area contributed by atoms with Crippen LogP contribution in [0.5, 0.6) is 0 Å². The minimum absolute atomic E-state index is 0.113. The first kappa shape index (κ1) is 22.4. The Morgan fingerprint density at radius 2 is 1.62 bits per heavy atom. The molecule has 3 aromatic rings. The van der Waals surface area contributed by atoms with E-state index in [4.69, 9.17) is 28.8 Å². The monoisotopic (exact) mass is 449 g/mol.